The van der Waals surface area contributed by atoms with Gasteiger partial charge in [-0.25, -0.2) is 5.43 Å². The minimum Gasteiger partial charge on any atom is -0.504 e. The maximum atomic E-state index is 12.2. The Hall–Kier alpha value is -3.79. The lowest BCUT2D eigenvalue weighted by Crippen LogP contribution is -2.19. The van der Waals surface area contributed by atoms with Crippen LogP contribution in [0.3, 0.4) is 0 Å². The number of aromatic nitrogens is 2. The summed E-state index contributed by atoms with van der Waals surface area (Å²) in [5.41, 5.74) is 5.02. The Labute approximate surface area is 214 Å². The van der Waals surface area contributed by atoms with Crippen LogP contribution in [-0.4, -0.2) is 46.9 Å². The molecule has 36 heavy (non-hydrogen) atoms. The van der Waals surface area contributed by atoms with Gasteiger partial charge in [0, 0.05) is 12.0 Å². The summed E-state index contributed by atoms with van der Waals surface area (Å²) in [4.78, 5) is 12.2. The Balaban J connectivity index is 1.44. The van der Waals surface area contributed by atoms with E-state index in [1.165, 1.54) is 11.8 Å². The highest BCUT2D eigenvalue weighted by atomic mass is 32.2. The van der Waals surface area contributed by atoms with Gasteiger partial charge < -0.3 is 19.0 Å². The van der Waals surface area contributed by atoms with Crippen molar-refractivity contribution >= 4 is 23.9 Å². The van der Waals surface area contributed by atoms with Crippen molar-refractivity contribution < 1.29 is 23.8 Å². The monoisotopic (exact) mass is 510 g/mol. The second-order valence-electron chi connectivity index (χ2n) is 7.70. The Morgan fingerprint density at radius 3 is 2.78 bits per heavy atom. The molecule has 10 heteroatoms. The Bertz CT molecular complexity index is 1180. The fraction of sp³-hybridized carbons (Fsp3) is 0.308. The van der Waals surface area contributed by atoms with Crippen LogP contribution in [0.2, 0.25) is 0 Å². The number of phenols is 1. The largest absolute Gasteiger partial charge is 0.504 e. The van der Waals surface area contributed by atoms with E-state index in [0.29, 0.717) is 47.4 Å². The SMILES string of the molecule is C=CCc1cc(C=NNC(=O)CSc2nnc(CCCc3ccc(OC)cc3)o2)cc(OCC)c1O. The second-order valence-corrected chi connectivity index (χ2v) is 8.62. The molecule has 1 amide bonds. The van der Waals surface area contributed by atoms with Crippen LogP contribution in [0.4, 0.5) is 0 Å². The molecular weight excluding hydrogens is 480 g/mol. The lowest BCUT2D eigenvalue weighted by atomic mass is 10.1. The van der Waals surface area contributed by atoms with Gasteiger partial charge >= 0.3 is 0 Å². The van der Waals surface area contributed by atoms with Crippen LogP contribution in [-0.2, 0) is 24.1 Å². The molecule has 2 N–H and O–H groups in total. The average Bonchev–Trinajstić information content (AvgIpc) is 3.34. The van der Waals surface area contributed by atoms with Gasteiger partial charge in [0.2, 0.25) is 5.89 Å². The van der Waals surface area contributed by atoms with E-state index in [0.717, 1.165) is 30.4 Å². The number of carbonyl (C=O) groups is 1. The smallest absolute Gasteiger partial charge is 0.277 e. The summed E-state index contributed by atoms with van der Waals surface area (Å²) in [5, 5.41) is 22.6. The van der Waals surface area contributed by atoms with Crippen molar-refractivity contribution in [2.24, 2.45) is 5.10 Å². The molecule has 0 unspecified atom stereocenters. The number of allylic oxidation sites excluding steroid dienone is 1. The highest BCUT2D eigenvalue weighted by Crippen LogP contribution is 2.32. The Kier molecular flexibility index (Phi) is 10.4. The lowest BCUT2D eigenvalue weighted by Gasteiger charge is -2.10. The number of aromatic hydroxyl groups is 1. The molecule has 0 aliphatic rings. The molecule has 190 valence electrons. The highest BCUT2D eigenvalue weighted by molar-refractivity contribution is 7.99. The van der Waals surface area contributed by atoms with Crippen LogP contribution in [0.15, 0.2) is 63.8 Å². The van der Waals surface area contributed by atoms with Crippen molar-refractivity contribution in [3.05, 3.63) is 71.6 Å². The first-order valence-corrected chi connectivity index (χ1v) is 12.5. The molecule has 1 aromatic heterocycles. The van der Waals surface area contributed by atoms with Crippen molar-refractivity contribution in [3.8, 4) is 17.2 Å². The second kappa shape index (κ2) is 13.9. The van der Waals surface area contributed by atoms with Crippen molar-refractivity contribution in [1.29, 1.82) is 0 Å². The standard InChI is InChI=1S/C26H30N4O5S/c1-4-7-20-14-19(15-22(25(20)32)34-5-2)16-27-28-23(31)17-36-26-30-29-24(35-26)9-6-8-18-10-12-21(33-3)13-11-18/h4,10-16,32H,1,5-9,17H2,2-3H3,(H,28,31). The zero-order valence-electron chi connectivity index (χ0n) is 20.4. The average molecular weight is 511 g/mol. The number of carbonyl (C=O) groups excluding carboxylic acids is 1. The topological polar surface area (TPSA) is 119 Å². The number of nitrogens with one attached hydrogen (secondary N) is 1. The van der Waals surface area contributed by atoms with Gasteiger partial charge in [0.25, 0.3) is 11.1 Å². The van der Waals surface area contributed by atoms with E-state index < -0.39 is 0 Å². The molecule has 9 nitrogen and oxygen atoms in total. The Morgan fingerprint density at radius 1 is 1.25 bits per heavy atom. The number of rotatable bonds is 14. The first-order chi connectivity index (χ1) is 17.5. The van der Waals surface area contributed by atoms with Crippen LogP contribution in [0, 0.1) is 0 Å². The van der Waals surface area contributed by atoms with Gasteiger partial charge in [-0.15, -0.1) is 16.8 Å². The molecule has 0 saturated heterocycles. The van der Waals surface area contributed by atoms with E-state index >= 15 is 0 Å². The van der Waals surface area contributed by atoms with E-state index in [1.807, 2.05) is 31.2 Å². The van der Waals surface area contributed by atoms with Gasteiger partial charge in [0.05, 0.1) is 25.7 Å². The van der Waals surface area contributed by atoms with Crippen molar-refractivity contribution in [2.75, 3.05) is 19.5 Å². The molecule has 0 spiro atoms. The molecule has 0 fully saturated rings. The van der Waals surface area contributed by atoms with E-state index in [4.69, 9.17) is 13.9 Å². The number of benzene rings is 2. The molecule has 0 aliphatic heterocycles. The predicted molar refractivity (Wildman–Crippen MR) is 139 cm³/mol. The molecule has 3 aromatic rings. The predicted octanol–water partition coefficient (Wildman–Crippen LogP) is 4.33. The molecule has 0 radical (unpaired) electrons. The number of hydrogen-bond donors (Lipinski definition) is 2. The molecule has 0 aliphatic carbocycles. The molecule has 1 heterocycles. The van der Waals surface area contributed by atoms with Crippen LogP contribution < -0.4 is 14.9 Å². The normalized spacial score (nSPS) is 10.9. The number of methoxy groups -OCH3 is 1. The van der Waals surface area contributed by atoms with E-state index in [-0.39, 0.29) is 17.4 Å². The number of hydrogen-bond acceptors (Lipinski definition) is 9. The fourth-order valence-electron chi connectivity index (χ4n) is 3.31. The van der Waals surface area contributed by atoms with Crippen molar-refractivity contribution in [3.63, 3.8) is 0 Å². The summed E-state index contributed by atoms with van der Waals surface area (Å²) in [5.74, 6) is 1.57. The number of thioether (sulfide) groups is 1. The Morgan fingerprint density at radius 2 is 2.06 bits per heavy atom. The highest BCUT2D eigenvalue weighted by Gasteiger charge is 2.11. The fourth-order valence-corrected chi connectivity index (χ4v) is 3.89. The number of phenolic OH excluding ortho intramolecular Hbond substituents is 1. The van der Waals surface area contributed by atoms with Crippen LogP contribution >= 0.6 is 11.8 Å². The van der Waals surface area contributed by atoms with E-state index in [9.17, 15) is 9.90 Å². The van der Waals surface area contributed by atoms with Gasteiger partial charge in [0.1, 0.15) is 5.75 Å². The maximum absolute atomic E-state index is 12.2. The zero-order chi connectivity index (χ0) is 25.8. The molecule has 0 bridgehead atoms. The van der Waals surface area contributed by atoms with Gasteiger partial charge in [-0.2, -0.15) is 5.10 Å². The third-order valence-electron chi connectivity index (χ3n) is 5.03. The molecule has 3 rings (SSSR count). The summed E-state index contributed by atoms with van der Waals surface area (Å²) in [6.45, 7) is 5.95. The van der Waals surface area contributed by atoms with E-state index in [1.54, 1.807) is 25.3 Å². The lowest BCUT2D eigenvalue weighted by molar-refractivity contribution is -0.118. The minimum absolute atomic E-state index is 0.0757. The summed E-state index contributed by atoms with van der Waals surface area (Å²) < 4.78 is 16.3. The first kappa shape index (κ1) is 26.8. The van der Waals surface area contributed by atoms with Crippen LogP contribution in [0.25, 0.3) is 0 Å². The van der Waals surface area contributed by atoms with Crippen LogP contribution in [0.5, 0.6) is 17.2 Å². The molecule has 0 saturated carbocycles. The number of hydrazone groups is 1. The maximum Gasteiger partial charge on any atom is 0.277 e. The molecule has 0 atom stereocenters. The summed E-state index contributed by atoms with van der Waals surface area (Å²) >= 11 is 1.15. The minimum atomic E-state index is -0.314. The number of ether oxygens (including phenoxy) is 2. The third-order valence-corrected chi connectivity index (χ3v) is 5.85. The van der Waals surface area contributed by atoms with Crippen molar-refractivity contribution in [2.45, 2.75) is 37.8 Å². The van der Waals surface area contributed by atoms with Crippen LogP contribution in [0.1, 0.15) is 35.9 Å². The summed E-state index contributed by atoms with van der Waals surface area (Å²) in [6.07, 6.45) is 6.06. The van der Waals surface area contributed by atoms with Gasteiger partial charge in [-0.05, 0) is 61.6 Å². The number of nitrogens with zero attached hydrogens (tertiary/aromatic N) is 3. The number of amides is 1. The van der Waals surface area contributed by atoms with Gasteiger partial charge in [-0.1, -0.05) is 30.0 Å². The third kappa shape index (κ3) is 8.16. The molecule has 2 aromatic carbocycles. The van der Waals surface area contributed by atoms with E-state index in [2.05, 4.69) is 27.3 Å². The first-order valence-electron chi connectivity index (χ1n) is 11.5. The van der Waals surface area contributed by atoms with Crippen molar-refractivity contribution in [1.82, 2.24) is 15.6 Å². The molecular formula is C26H30N4O5S. The van der Waals surface area contributed by atoms with Gasteiger partial charge in [0.15, 0.2) is 11.5 Å². The summed E-state index contributed by atoms with van der Waals surface area (Å²) in [7, 11) is 1.65. The zero-order valence-corrected chi connectivity index (χ0v) is 21.2. The van der Waals surface area contributed by atoms with Gasteiger partial charge in [-0.3, -0.25) is 4.79 Å². The number of aryl methyl sites for hydroxylation is 2. The summed E-state index contributed by atoms with van der Waals surface area (Å²) in [6, 6.07) is 11.4. The quantitative estimate of drug-likeness (QED) is 0.142.